The van der Waals surface area contributed by atoms with Crippen LogP contribution < -0.4 is 5.32 Å². The van der Waals surface area contributed by atoms with Gasteiger partial charge in [0.1, 0.15) is 5.69 Å². The van der Waals surface area contributed by atoms with Crippen LogP contribution in [0.1, 0.15) is 29.9 Å². The lowest BCUT2D eigenvalue weighted by atomic mass is 10.2. The number of anilines is 1. The van der Waals surface area contributed by atoms with Gasteiger partial charge in [-0.3, -0.25) is 9.78 Å². The van der Waals surface area contributed by atoms with Gasteiger partial charge in [-0.2, -0.15) is 0 Å². The van der Waals surface area contributed by atoms with Crippen LogP contribution >= 0.6 is 0 Å². The Morgan fingerprint density at radius 1 is 1.23 bits per heavy atom. The van der Waals surface area contributed by atoms with E-state index in [1.54, 1.807) is 18.1 Å². The third-order valence-electron chi connectivity index (χ3n) is 3.30. The molecule has 4 heteroatoms. The van der Waals surface area contributed by atoms with E-state index >= 15 is 0 Å². The van der Waals surface area contributed by atoms with E-state index in [9.17, 15) is 4.79 Å². The first kappa shape index (κ1) is 16.0. The number of amides is 1. The summed E-state index contributed by atoms with van der Waals surface area (Å²) in [5.74, 6) is 0.477. The van der Waals surface area contributed by atoms with Gasteiger partial charge >= 0.3 is 0 Å². The third-order valence-corrected chi connectivity index (χ3v) is 3.30. The molecule has 116 valence electrons. The van der Waals surface area contributed by atoms with E-state index in [4.69, 9.17) is 0 Å². The Kier molecular flexibility index (Phi) is 5.53. The van der Waals surface area contributed by atoms with Gasteiger partial charge in [0.2, 0.25) is 0 Å². The van der Waals surface area contributed by atoms with E-state index in [0.717, 1.165) is 17.8 Å². The molecule has 0 spiro atoms. The summed E-state index contributed by atoms with van der Waals surface area (Å²) in [7, 11) is 1.80. The molecular weight excluding hydrogens is 274 g/mol. The summed E-state index contributed by atoms with van der Waals surface area (Å²) in [6.07, 6.45) is 1.67. The SMILES string of the molecule is CC(C)CNc1ccnc(C(=O)N(C)Cc2ccccc2)c1. The highest BCUT2D eigenvalue weighted by Gasteiger charge is 2.14. The predicted molar refractivity (Wildman–Crippen MR) is 89.8 cm³/mol. The number of aromatic nitrogens is 1. The fourth-order valence-electron chi connectivity index (χ4n) is 2.10. The van der Waals surface area contributed by atoms with Crippen molar-refractivity contribution in [2.75, 3.05) is 18.9 Å². The first-order valence-electron chi connectivity index (χ1n) is 7.55. The van der Waals surface area contributed by atoms with Crippen molar-refractivity contribution in [3.63, 3.8) is 0 Å². The second kappa shape index (κ2) is 7.59. The van der Waals surface area contributed by atoms with Crippen molar-refractivity contribution in [3.05, 3.63) is 59.9 Å². The zero-order chi connectivity index (χ0) is 15.9. The number of nitrogens with zero attached hydrogens (tertiary/aromatic N) is 2. The summed E-state index contributed by atoms with van der Waals surface area (Å²) in [6, 6.07) is 13.6. The van der Waals surface area contributed by atoms with Crippen LogP contribution in [0.5, 0.6) is 0 Å². The minimum Gasteiger partial charge on any atom is -0.385 e. The lowest BCUT2D eigenvalue weighted by molar-refractivity contribution is 0.0779. The molecule has 2 rings (SSSR count). The minimum atomic E-state index is -0.0722. The summed E-state index contributed by atoms with van der Waals surface area (Å²) in [6.45, 7) is 5.74. The zero-order valence-corrected chi connectivity index (χ0v) is 13.4. The first-order chi connectivity index (χ1) is 10.6. The van der Waals surface area contributed by atoms with Crippen molar-refractivity contribution >= 4 is 11.6 Å². The van der Waals surface area contributed by atoms with E-state index in [-0.39, 0.29) is 5.91 Å². The Morgan fingerprint density at radius 2 is 1.95 bits per heavy atom. The molecule has 0 aliphatic heterocycles. The van der Waals surface area contributed by atoms with Crippen molar-refractivity contribution in [1.29, 1.82) is 0 Å². The normalized spacial score (nSPS) is 10.5. The molecule has 1 N–H and O–H groups in total. The topological polar surface area (TPSA) is 45.2 Å². The van der Waals surface area contributed by atoms with E-state index in [1.165, 1.54) is 0 Å². The van der Waals surface area contributed by atoms with Crippen LogP contribution in [0, 0.1) is 5.92 Å². The van der Waals surface area contributed by atoms with Gasteiger partial charge in [-0.05, 0) is 23.6 Å². The predicted octanol–water partition coefficient (Wildman–Crippen LogP) is 3.42. The molecule has 0 radical (unpaired) electrons. The van der Waals surface area contributed by atoms with Crippen LogP contribution in [0.15, 0.2) is 48.7 Å². The van der Waals surface area contributed by atoms with Gasteiger partial charge in [0, 0.05) is 32.0 Å². The highest BCUT2D eigenvalue weighted by Crippen LogP contribution is 2.12. The van der Waals surface area contributed by atoms with Crippen LogP contribution in [0.3, 0.4) is 0 Å². The van der Waals surface area contributed by atoms with Gasteiger partial charge in [0.05, 0.1) is 0 Å². The Hall–Kier alpha value is -2.36. The maximum Gasteiger partial charge on any atom is 0.272 e. The molecule has 0 saturated carbocycles. The number of benzene rings is 1. The van der Waals surface area contributed by atoms with Crippen LogP contribution in [0.25, 0.3) is 0 Å². The molecule has 0 aliphatic rings. The number of hydrogen-bond acceptors (Lipinski definition) is 3. The second-order valence-electron chi connectivity index (χ2n) is 5.85. The zero-order valence-electron chi connectivity index (χ0n) is 13.4. The van der Waals surface area contributed by atoms with Gasteiger partial charge in [0.15, 0.2) is 0 Å². The Bertz CT molecular complexity index is 611. The van der Waals surface area contributed by atoms with Gasteiger partial charge in [-0.1, -0.05) is 44.2 Å². The second-order valence-corrected chi connectivity index (χ2v) is 5.85. The van der Waals surface area contributed by atoms with E-state index < -0.39 is 0 Å². The molecule has 0 saturated heterocycles. The average Bonchev–Trinajstić information content (AvgIpc) is 2.53. The first-order valence-corrected chi connectivity index (χ1v) is 7.55. The Morgan fingerprint density at radius 3 is 2.64 bits per heavy atom. The van der Waals surface area contributed by atoms with Gasteiger partial charge in [-0.15, -0.1) is 0 Å². The van der Waals surface area contributed by atoms with Crippen LogP contribution in [-0.2, 0) is 6.54 Å². The Balaban J connectivity index is 2.03. The summed E-state index contributed by atoms with van der Waals surface area (Å²) in [4.78, 5) is 18.4. The van der Waals surface area contributed by atoms with Crippen molar-refractivity contribution < 1.29 is 4.79 Å². The number of pyridine rings is 1. The van der Waals surface area contributed by atoms with E-state index in [1.807, 2.05) is 42.5 Å². The van der Waals surface area contributed by atoms with Crippen molar-refractivity contribution in [3.8, 4) is 0 Å². The van der Waals surface area contributed by atoms with E-state index in [0.29, 0.717) is 18.2 Å². The maximum atomic E-state index is 12.5. The van der Waals surface area contributed by atoms with Gasteiger partial charge in [0.25, 0.3) is 5.91 Å². The standard InChI is InChI=1S/C18H23N3O/c1-14(2)12-20-16-9-10-19-17(11-16)18(22)21(3)13-15-7-5-4-6-8-15/h4-11,14H,12-13H2,1-3H3,(H,19,20). The smallest absolute Gasteiger partial charge is 0.272 e. The molecule has 1 amide bonds. The molecular formula is C18H23N3O. The average molecular weight is 297 g/mol. The highest BCUT2D eigenvalue weighted by atomic mass is 16.2. The highest BCUT2D eigenvalue weighted by molar-refractivity contribution is 5.92. The molecule has 1 heterocycles. The number of rotatable bonds is 6. The minimum absolute atomic E-state index is 0.0722. The molecule has 0 atom stereocenters. The molecule has 0 aliphatic carbocycles. The molecule has 2 aromatic rings. The lowest BCUT2D eigenvalue weighted by Gasteiger charge is -2.17. The van der Waals surface area contributed by atoms with Crippen LogP contribution in [0.2, 0.25) is 0 Å². The third kappa shape index (κ3) is 4.58. The molecule has 1 aromatic carbocycles. The van der Waals surface area contributed by atoms with Crippen LogP contribution in [-0.4, -0.2) is 29.4 Å². The Labute approximate surface area is 132 Å². The van der Waals surface area contributed by atoms with Crippen molar-refractivity contribution in [2.45, 2.75) is 20.4 Å². The molecule has 1 aromatic heterocycles. The van der Waals surface area contributed by atoms with Crippen molar-refractivity contribution in [1.82, 2.24) is 9.88 Å². The molecule has 4 nitrogen and oxygen atoms in total. The fraction of sp³-hybridized carbons (Fsp3) is 0.333. The fourth-order valence-corrected chi connectivity index (χ4v) is 2.10. The number of nitrogens with one attached hydrogen (secondary N) is 1. The van der Waals surface area contributed by atoms with Crippen LogP contribution in [0.4, 0.5) is 5.69 Å². The number of carbonyl (C=O) groups excluding carboxylic acids is 1. The summed E-state index contributed by atoms with van der Waals surface area (Å²) in [5, 5.41) is 3.32. The molecule has 0 bridgehead atoms. The summed E-state index contributed by atoms with van der Waals surface area (Å²) < 4.78 is 0. The molecule has 0 unspecified atom stereocenters. The number of hydrogen-bond donors (Lipinski definition) is 1. The number of carbonyl (C=O) groups is 1. The van der Waals surface area contributed by atoms with Gasteiger partial charge < -0.3 is 10.2 Å². The molecule has 22 heavy (non-hydrogen) atoms. The quantitative estimate of drug-likeness (QED) is 0.888. The van der Waals surface area contributed by atoms with Crippen molar-refractivity contribution in [2.24, 2.45) is 5.92 Å². The monoisotopic (exact) mass is 297 g/mol. The lowest BCUT2D eigenvalue weighted by Crippen LogP contribution is -2.27. The largest absolute Gasteiger partial charge is 0.385 e. The summed E-state index contributed by atoms with van der Waals surface area (Å²) in [5.41, 5.74) is 2.50. The van der Waals surface area contributed by atoms with Gasteiger partial charge in [-0.25, -0.2) is 0 Å². The molecule has 0 fully saturated rings. The maximum absolute atomic E-state index is 12.5. The summed E-state index contributed by atoms with van der Waals surface area (Å²) >= 11 is 0. The van der Waals surface area contributed by atoms with E-state index in [2.05, 4.69) is 24.1 Å².